The van der Waals surface area contributed by atoms with Crippen LogP contribution in [0.3, 0.4) is 0 Å². The number of unbranched alkanes of at least 4 members (excludes halogenated alkanes) is 3. The number of H-pyrrole nitrogens is 1. The standard InChI is InChI=1S/C14H21N3OS2/c1-18-12-8-7-11-13(16-12)17(14(19)15-11)9-5-3-4-6-10-20-2/h7-8H,3-6,9-10H2,1-2H3,(H,15,19). The minimum atomic E-state index is 0.625. The van der Waals surface area contributed by atoms with E-state index in [9.17, 15) is 0 Å². The number of fused-ring (bicyclic) bond motifs is 1. The molecule has 2 aromatic rings. The zero-order valence-electron chi connectivity index (χ0n) is 12.0. The van der Waals surface area contributed by atoms with Crippen LogP contribution in [0.25, 0.3) is 11.2 Å². The van der Waals surface area contributed by atoms with Gasteiger partial charge in [0.25, 0.3) is 0 Å². The summed E-state index contributed by atoms with van der Waals surface area (Å²) in [7, 11) is 1.63. The number of aromatic amines is 1. The lowest BCUT2D eigenvalue weighted by atomic mass is 10.2. The molecule has 0 aliphatic carbocycles. The number of ether oxygens (including phenoxy) is 1. The molecule has 0 saturated heterocycles. The highest BCUT2D eigenvalue weighted by Crippen LogP contribution is 2.17. The maximum absolute atomic E-state index is 5.38. The van der Waals surface area contributed by atoms with Gasteiger partial charge in [-0.1, -0.05) is 12.8 Å². The number of nitrogens with zero attached hydrogens (tertiary/aromatic N) is 2. The van der Waals surface area contributed by atoms with Crippen LogP contribution < -0.4 is 4.74 Å². The summed E-state index contributed by atoms with van der Waals surface area (Å²) in [6.07, 6.45) is 7.11. The molecule has 0 aliphatic rings. The highest BCUT2D eigenvalue weighted by atomic mass is 32.2. The summed E-state index contributed by atoms with van der Waals surface area (Å²) in [5.74, 6) is 1.88. The second-order valence-corrected chi connectivity index (χ2v) is 6.09. The van der Waals surface area contributed by atoms with Crippen LogP contribution in [0.15, 0.2) is 12.1 Å². The SMILES string of the molecule is COc1ccc2[nH]c(=S)n(CCCCCCSC)c2n1. The molecule has 110 valence electrons. The first-order chi connectivity index (χ1) is 9.76. The third-order valence-electron chi connectivity index (χ3n) is 3.28. The molecule has 20 heavy (non-hydrogen) atoms. The molecule has 2 heterocycles. The van der Waals surface area contributed by atoms with E-state index in [4.69, 9.17) is 17.0 Å². The molecule has 0 atom stereocenters. The maximum Gasteiger partial charge on any atom is 0.215 e. The van der Waals surface area contributed by atoms with Crippen molar-refractivity contribution in [2.75, 3.05) is 19.1 Å². The van der Waals surface area contributed by atoms with Crippen molar-refractivity contribution in [3.63, 3.8) is 0 Å². The molecule has 0 spiro atoms. The molecule has 0 saturated carbocycles. The molecular formula is C14H21N3OS2. The van der Waals surface area contributed by atoms with Gasteiger partial charge in [-0.25, -0.2) is 0 Å². The Bertz CT molecular complexity index is 606. The highest BCUT2D eigenvalue weighted by molar-refractivity contribution is 7.98. The zero-order valence-corrected chi connectivity index (χ0v) is 13.6. The number of hydrogen-bond acceptors (Lipinski definition) is 4. The number of imidazole rings is 1. The average molecular weight is 311 g/mol. The van der Waals surface area contributed by atoms with Gasteiger partial charge in [-0.15, -0.1) is 0 Å². The summed E-state index contributed by atoms with van der Waals surface area (Å²) in [4.78, 5) is 7.68. The maximum atomic E-state index is 5.38. The average Bonchev–Trinajstić information content (AvgIpc) is 2.77. The van der Waals surface area contributed by atoms with Crippen LogP contribution >= 0.6 is 24.0 Å². The predicted octanol–water partition coefficient (Wildman–Crippen LogP) is 4.03. The van der Waals surface area contributed by atoms with Gasteiger partial charge in [0, 0.05) is 12.6 Å². The Hall–Kier alpha value is -1.01. The lowest BCUT2D eigenvalue weighted by Gasteiger charge is -2.05. The van der Waals surface area contributed by atoms with Gasteiger partial charge in [-0.05, 0) is 43.1 Å². The first-order valence-corrected chi connectivity index (χ1v) is 8.69. The molecule has 2 aromatic heterocycles. The molecule has 0 aromatic carbocycles. The quantitative estimate of drug-likeness (QED) is 0.590. The lowest BCUT2D eigenvalue weighted by Crippen LogP contribution is -2.00. The minimum Gasteiger partial charge on any atom is -0.481 e. The van der Waals surface area contributed by atoms with Crippen molar-refractivity contribution >= 4 is 35.1 Å². The fourth-order valence-corrected chi connectivity index (χ4v) is 2.98. The Morgan fingerprint density at radius 1 is 1.30 bits per heavy atom. The number of pyridine rings is 1. The van der Waals surface area contributed by atoms with Crippen molar-refractivity contribution in [3.05, 3.63) is 16.9 Å². The van der Waals surface area contributed by atoms with Crippen LogP contribution in [0.1, 0.15) is 25.7 Å². The monoisotopic (exact) mass is 311 g/mol. The molecule has 0 aliphatic heterocycles. The van der Waals surface area contributed by atoms with Crippen LogP contribution in [0.2, 0.25) is 0 Å². The fraction of sp³-hybridized carbons (Fsp3) is 0.571. The van der Waals surface area contributed by atoms with Crippen LogP contribution in [0, 0.1) is 4.77 Å². The minimum absolute atomic E-state index is 0.625. The Labute approximate surface area is 128 Å². The number of aromatic nitrogens is 3. The summed E-state index contributed by atoms with van der Waals surface area (Å²) < 4.78 is 7.99. The van der Waals surface area contributed by atoms with Crippen molar-refractivity contribution in [2.24, 2.45) is 0 Å². The number of nitrogens with one attached hydrogen (secondary N) is 1. The fourth-order valence-electron chi connectivity index (χ4n) is 2.20. The van der Waals surface area contributed by atoms with Gasteiger partial charge < -0.3 is 14.3 Å². The third-order valence-corrected chi connectivity index (χ3v) is 4.30. The molecule has 0 radical (unpaired) electrons. The van der Waals surface area contributed by atoms with Crippen molar-refractivity contribution in [3.8, 4) is 5.88 Å². The van der Waals surface area contributed by atoms with Crippen LogP contribution in [0.4, 0.5) is 0 Å². The summed E-state index contributed by atoms with van der Waals surface area (Å²) >= 11 is 7.29. The molecule has 0 bridgehead atoms. The summed E-state index contributed by atoms with van der Waals surface area (Å²) in [5, 5.41) is 0. The molecule has 0 fully saturated rings. The summed E-state index contributed by atoms with van der Waals surface area (Å²) in [6, 6.07) is 3.81. The van der Waals surface area contributed by atoms with E-state index in [2.05, 4.69) is 20.8 Å². The number of methoxy groups -OCH3 is 1. The van der Waals surface area contributed by atoms with Crippen molar-refractivity contribution in [2.45, 2.75) is 32.2 Å². The first-order valence-electron chi connectivity index (χ1n) is 6.88. The van der Waals surface area contributed by atoms with Gasteiger partial charge in [0.15, 0.2) is 10.4 Å². The topological polar surface area (TPSA) is 42.8 Å². The number of rotatable bonds is 8. The van der Waals surface area contributed by atoms with Gasteiger partial charge >= 0.3 is 0 Å². The van der Waals surface area contributed by atoms with E-state index in [0.717, 1.165) is 28.9 Å². The van der Waals surface area contributed by atoms with E-state index in [1.165, 1.54) is 25.0 Å². The third kappa shape index (κ3) is 3.76. The van der Waals surface area contributed by atoms with Gasteiger partial charge in [0.05, 0.1) is 12.6 Å². The van der Waals surface area contributed by atoms with Gasteiger partial charge in [0.2, 0.25) is 5.88 Å². The zero-order chi connectivity index (χ0) is 14.4. The molecule has 4 nitrogen and oxygen atoms in total. The van der Waals surface area contributed by atoms with E-state index >= 15 is 0 Å². The van der Waals surface area contributed by atoms with Gasteiger partial charge in [-0.3, -0.25) is 0 Å². The van der Waals surface area contributed by atoms with E-state index in [0.29, 0.717) is 5.88 Å². The Morgan fingerprint density at radius 2 is 2.10 bits per heavy atom. The van der Waals surface area contributed by atoms with E-state index in [1.807, 2.05) is 23.9 Å². The Balaban J connectivity index is 2.01. The lowest BCUT2D eigenvalue weighted by molar-refractivity contribution is 0.399. The van der Waals surface area contributed by atoms with Crippen molar-refractivity contribution < 1.29 is 4.74 Å². The van der Waals surface area contributed by atoms with Crippen LogP contribution in [0.5, 0.6) is 5.88 Å². The smallest absolute Gasteiger partial charge is 0.215 e. The highest BCUT2D eigenvalue weighted by Gasteiger charge is 2.07. The molecule has 1 N–H and O–H groups in total. The molecule has 0 amide bonds. The van der Waals surface area contributed by atoms with Crippen molar-refractivity contribution in [1.82, 2.24) is 14.5 Å². The second kappa shape index (κ2) is 7.69. The van der Waals surface area contributed by atoms with Gasteiger partial charge in [-0.2, -0.15) is 16.7 Å². The number of thioether (sulfide) groups is 1. The Kier molecular flexibility index (Phi) is 5.91. The number of aryl methyl sites for hydroxylation is 1. The van der Waals surface area contributed by atoms with E-state index in [-0.39, 0.29) is 0 Å². The first kappa shape index (κ1) is 15.4. The number of hydrogen-bond donors (Lipinski definition) is 1. The van der Waals surface area contributed by atoms with Crippen molar-refractivity contribution in [1.29, 1.82) is 0 Å². The summed E-state index contributed by atoms with van der Waals surface area (Å²) in [5.41, 5.74) is 1.86. The van der Waals surface area contributed by atoms with Gasteiger partial charge in [0.1, 0.15) is 0 Å². The summed E-state index contributed by atoms with van der Waals surface area (Å²) in [6.45, 7) is 0.915. The predicted molar refractivity (Wildman–Crippen MR) is 88.3 cm³/mol. The van der Waals surface area contributed by atoms with E-state index < -0.39 is 0 Å². The largest absolute Gasteiger partial charge is 0.481 e. The Morgan fingerprint density at radius 3 is 2.85 bits per heavy atom. The molecule has 2 rings (SSSR count). The second-order valence-electron chi connectivity index (χ2n) is 4.71. The molecule has 6 heteroatoms. The van der Waals surface area contributed by atoms with Crippen LogP contribution in [-0.2, 0) is 6.54 Å². The molecule has 0 unspecified atom stereocenters. The van der Waals surface area contributed by atoms with E-state index in [1.54, 1.807) is 7.11 Å². The molecular weight excluding hydrogens is 290 g/mol. The van der Waals surface area contributed by atoms with Crippen LogP contribution in [-0.4, -0.2) is 33.7 Å². The normalized spacial score (nSPS) is 11.1.